The lowest BCUT2D eigenvalue weighted by Gasteiger charge is -2.25. The van der Waals surface area contributed by atoms with Crippen LogP contribution in [0.1, 0.15) is 39.5 Å². The zero-order valence-corrected chi connectivity index (χ0v) is 20.8. The topological polar surface area (TPSA) is 235 Å². The van der Waals surface area contributed by atoms with Crippen molar-refractivity contribution < 1.29 is 29.4 Å². The van der Waals surface area contributed by atoms with Crippen molar-refractivity contribution in [2.75, 3.05) is 25.2 Å². The Kier molecular flexibility index (Phi) is 15.7. The van der Waals surface area contributed by atoms with Gasteiger partial charge in [0.15, 0.2) is 5.96 Å². The maximum atomic E-state index is 12.8. The molecule has 0 radical (unpaired) electrons. The molecule has 4 unspecified atom stereocenters. The van der Waals surface area contributed by atoms with Crippen LogP contribution in [0.3, 0.4) is 0 Å². The first-order valence-electron chi connectivity index (χ1n) is 11.0. The lowest BCUT2D eigenvalue weighted by atomic mass is 10.0. The van der Waals surface area contributed by atoms with Crippen LogP contribution in [0.4, 0.5) is 0 Å². The summed E-state index contributed by atoms with van der Waals surface area (Å²) in [6.45, 7) is 3.09. The van der Waals surface area contributed by atoms with E-state index >= 15 is 0 Å². The van der Waals surface area contributed by atoms with Gasteiger partial charge in [-0.05, 0) is 43.6 Å². The summed E-state index contributed by atoms with van der Waals surface area (Å²) in [6, 6.07) is -4.49. The average Bonchev–Trinajstić information content (AvgIpc) is 2.76. The average molecular weight is 506 g/mol. The van der Waals surface area contributed by atoms with Crippen LogP contribution >= 0.6 is 11.8 Å². The molecule has 0 aromatic heterocycles. The number of hydrogen-bond donors (Lipinski definition) is 8. The molecule has 34 heavy (non-hydrogen) atoms. The number of aliphatic imine (C=N–C) groups is 1. The summed E-state index contributed by atoms with van der Waals surface area (Å²) in [5.41, 5.74) is 16.4. The number of nitrogens with zero attached hydrogens (tertiary/aromatic N) is 1. The molecule has 4 atom stereocenters. The first-order valence-corrected chi connectivity index (χ1v) is 12.4. The lowest BCUT2D eigenvalue weighted by Crippen LogP contribution is -2.58. The fourth-order valence-electron chi connectivity index (χ4n) is 2.86. The Morgan fingerprint density at radius 2 is 1.50 bits per heavy atom. The zero-order chi connectivity index (χ0) is 26.3. The number of thioether (sulfide) groups is 1. The Hall–Kier alpha value is -2.58. The molecule has 0 saturated heterocycles. The summed E-state index contributed by atoms with van der Waals surface area (Å²) in [7, 11) is 0. The molecule has 0 aromatic rings. The minimum absolute atomic E-state index is 0.000561. The number of nitrogens with one attached hydrogen (secondary N) is 3. The van der Waals surface area contributed by atoms with Crippen molar-refractivity contribution in [3.05, 3.63) is 0 Å². The molecule has 0 spiro atoms. The van der Waals surface area contributed by atoms with Gasteiger partial charge in [0.2, 0.25) is 17.7 Å². The van der Waals surface area contributed by atoms with Crippen molar-refractivity contribution in [3.8, 4) is 0 Å². The quantitative estimate of drug-likeness (QED) is 0.0597. The molecule has 13 nitrogen and oxygen atoms in total. The summed E-state index contributed by atoms with van der Waals surface area (Å²) >= 11 is 1.51. The number of guanidine groups is 1. The van der Waals surface area contributed by atoms with Gasteiger partial charge in [-0.25, -0.2) is 4.79 Å². The van der Waals surface area contributed by atoms with E-state index in [1.165, 1.54) is 11.8 Å². The number of carboxylic acid groups (broad SMARTS) is 1. The molecule has 0 aliphatic heterocycles. The van der Waals surface area contributed by atoms with Gasteiger partial charge in [0.25, 0.3) is 0 Å². The number of amides is 3. The van der Waals surface area contributed by atoms with Crippen LogP contribution < -0.4 is 33.2 Å². The standard InChI is InChI=1S/C20H39N7O6S/c1-11(2)9-14(19(32)33)26-17(30)13(5-4-7-24-20(22)23)25-18(31)15(10-28)27-16(29)12(21)6-8-34-3/h11-15,28H,4-10,21H2,1-3H3,(H,25,31)(H,26,30)(H,27,29)(H,32,33)(H4,22,23,24). The highest BCUT2D eigenvalue weighted by molar-refractivity contribution is 7.98. The van der Waals surface area contributed by atoms with E-state index in [0.29, 0.717) is 18.6 Å². The fraction of sp³-hybridized carbons (Fsp3) is 0.750. The summed E-state index contributed by atoms with van der Waals surface area (Å²) < 4.78 is 0. The third kappa shape index (κ3) is 13.2. The highest BCUT2D eigenvalue weighted by Gasteiger charge is 2.30. The van der Waals surface area contributed by atoms with Crippen LogP contribution in [0.5, 0.6) is 0 Å². The zero-order valence-electron chi connectivity index (χ0n) is 20.0. The van der Waals surface area contributed by atoms with E-state index in [0.717, 1.165) is 0 Å². The first kappa shape index (κ1) is 31.4. The third-order valence-corrected chi connectivity index (χ3v) is 5.33. The van der Waals surface area contributed by atoms with Gasteiger partial charge in [0.05, 0.1) is 12.6 Å². The van der Waals surface area contributed by atoms with Gasteiger partial charge in [-0.1, -0.05) is 13.8 Å². The molecular formula is C20H39N7O6S. The number of aliphatic hydroxyl groups is 1. The molecule has 0 aliphatic carbocycles. The molecule has 3 amide bonds. The fourth-order valence-corrected chi connectivity index (χ4v) is 3.35. The van der Waals surface area contributed by atoms with Crippen molar-refractivity contribution in [2.45, 2.75) is 63.7 Å². The summed E-state index contributed by atoms with van der Waals surface area (Å²) in [6.07, 6.45) is 2.83. The Morgan fingerprint density at radius 3 is 2.00 bits per heavy atom. The van der Waals surface area contributed by atoms with Crippen LogP contribution in [0.2, 0.25) is 0 Å². The Labute approximate surface area is 204 Å². The molecule has 0 aromatic carbocycles. The monoisotopic (exact) mass is 505 g/mol. The van der Waals surface area contributed by atoms with E-state index in [1.54, 1.807) is 0 Å². The van der Waals surface area contributed by atoms with E-state index in [9.17, 15) is 29.4 Å². The number of aliphatic carboxylic acids is 1. The Morgan fingerprint density at radius 1 is 0.941 bits per heavy atom. The van der Waals surface area contributed by atoms with Gasteiger partial charge >= 0.3 is 5.97 Å². The van der Waals surface area contributed by atoms with Crippen molar-refractivity contribution >= 4 is 41.4 Å². The van der Waals surface area contributed by atoms with Gasteiger partial charge < -0.3 is 43.4 Å². The molecule has 0 heterocycles. The summed E-state index contributed by atoms with van der Waals surface area (Å²) in [4.78, 5) is 53.1. The maximum absolute atomic E-state index is 12.8. The largest absolute Gasteiger partial charge is 0.480 e. The summed E-state index contributed by atoms with van der Waals surface area (Å²) in [5, 5.41) is 26.3. The third-order valence-electron chi connectivity index (χ3n) is 4.69. The van der Waals surface area contributed by atoms with Crippen molar-refractivity contribution in [1.29, 1.82) is 0 Å². The van der Waals surface area contributed by atoms with Crippen LogP contribution in [-0.2, 0) is 19.2 Å². The number of carbonyl (C=O) groups excluding carboxylic acids is 3. The van der Waals surface area contributed by atoms with Crippen LogP contribution in [0, 0.1) is 5.92 Å². The molecule has 0 saturated carbocycles. The molecule has 0 fully saturated rings. The van der Waals surface area contributed by atoms with Crippen LogP contribution in [-0.4, -0.2) is 89.2 Å². The molecule has 14 heteroatoms. The lowest BCUT2D eigenvalue weighted by molar-refractivity contribution is -0.143. The Balaban J connectivity index is 5.36. The van der Waals surface area contributed by atoms with Gasteiger partial charge in [-0.2, -0.15) is 11.8 Å². The number of carbonyl (C=O) groups is 4. The van der Waals surface area contributed by atoms with E-state index in [1.807, 2.05) is 20.1 Å². The van der Waals surface area contributed by atoms with Crippen LogP contribution in [0.25, 0.3) is 0 Å². The van der Waals surface area contributed by atoms with Gasteiger partial charge in [-0.3, -0.25) is 19.4 Å². The second-order valence-electron chi connectivity index (χ2n) is 8.17. The number of nitrogens with two attached hydrogens (primary N) is 3. The van der Waals surface area contributed by atoms with Crippen molar-refractivity contribution in [2.24, 2.45) is 28.1 Å². The van der Waals surface area contributed by atoms with E-state index in [-0.39, 0.29) is 31.3 Å². The van der Waals surface area contributed by atoms with Crippen molar-refractivity contribution in [3.63, 3.8) is 0 Å². The van der Waals surface area contributed by atoms with Gasteiger partial charge in [0, 0.05) is 6.54 Å². The molecular weight excluding hydrogens is 466 g/mol. The number of hydrogen-bond acceptors (Lipinski definition) is 8. The number of aliphatic hydroxyl groups excluding tert-OH is 1. The summed E-state index contributed by atoms with van der Waals surface area (Å²) in [5.74, 6) is -2.83. The minimum Gasteiger partial charge on any atom is -0.480 e. The number of carboxylic acids is 1. The second kappa shape index (κ2) is 16.9. The number of rotatable bonds is 17. The molecule has 0 rings (SSSR count). The predicted octanol–water partition coefficient (Wildman–Crippen LogP) is -2.30. The highest BCUT2D eigenvalue weighted by atomic mass is 32.2. The van der Waals surface area contributed by atoms with E-state index in [2.05, 4.69) is 20.9 Å². The van der Waals surface area contributed by atoms with Crippen molar-refractivity contribution in [1.82, 2.24) is 16.0 Å². The van der Waals surface area contributed by atoms with E-state index in [4.69, 9.17) is 17.2 Å². The molecule has 0 bridgehead atoms. The smallest absolute Gasteiger partial charge is 0.326 e. The Bertz CT molecular complexity index is 703. The second-order valence-corrected chi connectivity index (χ2v) is 9.16. The highest BCUT2D eigenvalue weighted by Crippen LogP contribution is 2.07. The first-order chi connectivity index (χ1) is 15.9. The van der Waals surface area contributed by atoms with Gasteiger partial charge in [0.1, 0.15) is 18.1 Å². The molecule has 11 N–H and O–H groups in total. The minimum atomic E-state index is -1.34. The van der Waals surface area contributed by atoms with E-state index < -0.39 is 54.5 Å². The van der Waals surface area contributed by atoms with Gasteiger partial charge in [-0.15, -0.1) is 0 Å². The predicted molar refractivity (Wildman–Crippen MR) is 131 cm³/mol. The SMILES string of the molecule is CSCCC(N)C(=O)NC(CO)C(=O)NC(CCCN=C(N)N)C(=O)NC(CC(C)C)C(=O)O. The molecule has 0 aliphatic rings. The maximum Gasteiger partial charge on any atom is 0.326 e. The normalized spacial score (nSPS) is 14.4. The van der Waals surface area contributed by atoms with Crippen LogP contribution in [0.15, 0.2) is 4.99 Å². The molecule has 196 valence electrons.